The van der Waals surface area contributed by atoms with Gasteiger partial charge in [-0.3, -0.25) is 9.69 Å². The number of halogens is 2. The molecule has 6 heteroatoms. The van der Waals surface area contributed by atoms with Gasteiger partial charge in [0, 0.05) is 12.6 Å². The van der Waals surface area contributed by atoms with Gasteiger partial charge in [0.2, 0.25) is 0 Å². The van der Waals surface area contributed by atoms with E-state index in [1.807, 2.05) is 0 Å². The standard InChI is InChI=1S/C13H17Cl2N3O/c1-2-18-7-3-4-9(18)8-16-13(19)10-5-6-11(14)17-12(10)15/h5-6,9H,2-4,7-8H2,1H3,(H,16,19). The first-order chi connectivity index (χ1) is 9.11. The molecular weight excluding hydrogens is 285 g/mol. The van der Waals surface area contributed by atoms with Gasteiger partial charge in [0.1, 0.15) is 10.3 Å². The predicted octanol–water partition coefficient (Wildman–Crippen LogP) is 2.60. The molecule has 1 aromatic rings. The Balaban J connectivity index is 1.94. The molecule has 1 aliphatic heterocycles. The number of amides is 1. The summed E-state index contributed by atoms with van der Waals surface area (Å²) in [5, 5.41) is 3.35. The van der Waals surface area contributed by atoms with E-state index >= 15 is 0 Å². The molecule has 1 unspecified atom stereocenters. The number of nitrogens with one attached hydrogen (secondary N) is 1. The van der Waals surface area contributed by atoms with Gasteiger partial charge in [-0.1, -0.05) is 30.1 Å². The van der Waals surface area contributed by atoms with Crippen molar-refractivity contribution in [1.82, 2.24) is 15.2 Å². The third-order valence-electron chi connectivity index (χ3n) is 3.46. The molecule has 0 saturated carbocycles. The zero-order valence-corrected chi connectivity index (χ0v) is 12.3. The molecule has 1 N–H and O–H groups in total. The van der Waals surface area contributed by atoms with Crippen LogP contribution in [0.4, 0.5) is 0 Å². The number of carbonyl (C=O) groups excluding carboxylic acids is 1. The summed E-state index contributed by atoms with van der Waals surface area (Å²) in [7, 11) is 0. The maximum absolute atomic E-state index is 12.0. The van der Waals surface area contributed by atoms with Gasteiger partial charge < -0.3 is 5.32 Å². The Hall–Kier alpha value is -0.840. The van der Waals surface area contributed by atoms with Crippen LogP contribution >= 0.6 is 23.2 Å². The quantitative estimate of drug-likeness (QED) is 0.870. The number of aromatic nitrogens is 1. The first kappa shape index (κ1) is 14.6. The highest BCUT2D eigenvalue weighted by atomic mass is 35.5. The average molecular weight is 302 g/mol. The number of hydrogen-bond donors (Lipinski definition) is 1. The lowest BCUT2D eigenvalue weighted by molar-refractivity contribution is 0.0941. The van der Waals surface area contributed by atoms with Crippen molar-refractivity contribution in [3.8, 4) is 0 Å². The average Bonchev–Trinajstić information content (AvgIpc) is 2.83. The Bertz CT molecular complexity index is 467. The van der Waals surface area contributed by atoms with Crippen molar-refractivity contribution < 1.29 is 4.79 Å². The van der Waals surface area contributed by atoms with Crippen LogP contribution in [0.1, 0.15) is 30.1 Å². The smallest absolute Gasteiger partial charge is 0.254 e. The maximum atomic E-state index is 12.0. The first-order valence-corrected chi connectivity index (χ1v) is 7.21. The number of pyridine rings is 1. The minimum atomic E-state index is -0.197. The lowest BCUT2D eigenvalue weighted by Gasteiger charge is -2.22. The molecule has 104 valence electrons. The van der Waals surface area contributed by atoms with Crippen molar-refractivity contribution >= 4 is 29.1 Å². The van der Waals surface area contributed by atoms with Gasteiger partial charge in [-0.25, -0.2) is 4.98 Å². The summed E-state index contributed by atoms with van der Waals surface area (Å²) in [5.41, 5.74) is 0.368. The maximum Gasteiger partial charge on any atom is 0.254 e. The highest BCUT2D eigenvalue weighted by molar-refractivity contribution is 6.34. The van der Waals surface area contributed by atoms with Crippen molar-refractivity contribution in [2.24, 2.45) is 0 Å². The number of carbonyl (C=O) groups is 1. The highest BCUT2D eigenvalue weighted by Gasteiger charge is 2.23. The van der Waals surface area contributed by atoms with Crippen molar-refractivity contribution in [1.29, 1.82) is 0 Å². The minimum Gasteiger partial charge on any atom is -0.350 e. The fourth-order valence-electron chi connectivity index (χ4n) is 2.43. The molecule has 2 heterocycles. The van der Waals surface area contributed by atoms with E-state index in [4.69, 9.17) is 23.2 Å². The zero-order chi connectivity index (χ0) is 13.8. The van der Waals surface area contributed by atoms with E-state index in [-0.39, 0.29) is 16.2 Å². The van der Waals surface area contributed by atoms with Crippen LogP contribution in [-0.2, 0) is 0 Å². The molecule has 1 fully saturated rings. The summed E-state index contributed by atoms with van der Waals surface area (Å²) in [6.45, 7) is 4.91. The summed E-state index contributed by atoms with van der Waals surface area (Å²) < 4.78 is 0. The van der Waals surface area contributed by atoms with Crippen LogP contribution in [-0.4, -0.2) is 41.5 Å². The van der Waals surface area contributed by atoms with Crippen molar-refractivity contribution in [3.05, 3.63) is 28.0 Å². The largest absolute Gasteiger partial charge is 0.350 e. The molecule has 0 aliphatic carbocycles. The molecule has 19 heavy (non-hydrogen) atoms. The van der Waals surface area contributed by atoms with Gasteiger partial charge in [0.05, 0.1) is 5.56 Å². The van der Waals surface area contributed by atoms with E-state index in [1.165, 1.54) is 6.42 Å². The second-order valence-corrected chi connectivity index (χ2v) is 5.35. The van der Waals surface area contributed by atoms with Crippen LogP contribution < -0.4 is 5.32 Å². The number of nitrogens with zero attached hydrogens (tertiary/aromatic N) is 2. The van der Waals surface area contributed by atoms with Crippen LogP contribution in [0, 0.1) is 0 Å². The third kappa shape index (κ3) is 3.59. The topological polar surface area (TPSA) is 45.2 Å². The Morgan fingerprint density at radius 2 is 2.32 bits per heavy atom. The van der Waals surface area contributed by atoms with E-state index in [0.717, 1.165) is 19.5 Å². The Morgan fingerprint density at radius 1 is 1.53 bits per heavy atom. The summed E-state index contributed by atoms with van der Waals surface area (Å²) in [5.74, 6) is -0.197. The lowest BCUT2D eigenvalue weighted by Crippen LogP contribution is -2.40. The van der Waals surface area contributed by atoms with Gasteiger partial charge in [-0.15, -0.1) is 0 Å². The molecule has 1 saturated heterocycles. The third-order valence-corrected chi connectivity index (χ3v) is 3.96. The molecule has 1 amide bonds. The van der Waals surface area contributed by atoms with Gasteiger partial charge in [0.25, 0.3) is 5.91 Å². The summed E-state index contributed by atoms with van der Waals surface area (Å²) >= 11 is 11.6. The van der Waals surface area contributed by atoms with Crippen LogP contribution in [0.2, 0.25) is 10.3 Å². The predicted molar refractivity (Wildman–Crippen MR) is 76.9 cm³/mol. The Morgan fingerprint density at radius 3 is 3.00 bits per heavy atom. The molecule has 1 aromatic heterocycles. The molecule has 0 aromatic carbocycles. The minimum absolute atomic E-state index is 0.142. The number of hydrogen-bond acceptors (Lipinski definition) is 3. The molecular formula is C13H17Cl2N3O. The van der Waals surface area contributed by atoms with E-state index < -0.39 is 0 Å². The van der Waals surface area contributed by atoms with Crippen LogP contribution in [0.25, 0.3) is 0 Å². The fraction of sp³-hybridized carbons (Fsp3) is 0.538. The van der Waals surface area contributed by atoms with Crippen molar-refractivity contribution in [2.45, 2.75) is 25.8 Å². The molecule has 0 spiro atoms. The SMILES string of the molecule is CCN1CCCC1CNC(=O)c1ccc(Cl)nc1Cl. The zero-order valence-electron chi connectivity index (χ0n) is 10.8. The number of likely N-dealkylation sites (N-methyl/N-ethyl adjacent to an activating group) is 1. The van der Waals surface area contributed by atoms with Crippen LogP contribution in [0.3, 0.4) is 0 Å². The molecule has 4 nitrogen and oxygen atoms in total. The Labute approximate surface area is 123 Å². The second-order valence-electron chi connectivity index (χ2n) is 4.61. The number of rotatable bonds is 4. The van der Waals surface area contributed by atoms with E-state index in [9.17, 15) is 4.79 Å². The van der Waals surface area contributed by atoms with E-state index in [2.05, 4.69) is 22.1 Å². The molecule has 0 radical (unpaired) electrons. The van der Waals surface area contributed by atoms with Crippen LogP contribution in [0.5, 0.6) is 0 Å². The first-order valence-electron chi connectivity index (χ1n) is 6.46. The molecule has 1 atom stereocenters. The highest BCUT2D eigenvalue weighted by Crippen LogP contribution is 2.18. The normalized spacial score (nSPS) is 19.6. The van der Waals surface area contributed by atoms with Crippen LogP contribution in [0.15, 0.2) is 12.1 Å². The second kappa shape index (κ2) is 6.55. The summed E-state index contributed by atoms with van der Waals surface area (Å²) in [4.78, 5) is 18.3. The monoisotopic (exact) mass is 301 g/mol. The van der Waals surface area contributed by atoms with Crippen molar-refractivity contribution in [2.75, 3.05) is 19.6 Å². The summed E-state index contributed by atoms with van der Waals surface area (Å²) in [6.07, 6.45) is 2.32. The van der Waals surface area contributed by atoms with Gasteiger partial charge in [0.15, 0.2) is 0 Å². The fourth-order valence-corrected chi connectivity index (χ4v) is 2.86. The van der Waals surface area contributed by atoms with Gasteiger partial charge in [-0.05, 0) is 38.1 Å². The molecule has 0 bridgehead atoms. The molecule has 1 aliphatic rings. The Kier molecular flexibility index (Phi) is 5.02. The van der Waals surface area contributed by atoms with E-state index in [0.29, 0.717) is 18.2 Å². The van der Waals surface area contributed by atoms with Gasteiger partial charge in [-0.2, -0.15) is 0 Å². The number of likely N-dealkylation sites (tertiary alicyclic amines) is 1. The molecule has 2 rings (SSSR count). The lowest BCUT2D eigenvalue weighted by atomic mass is 10.2. The van der Waals surface area contributed by atoms with Crippen molar-refractivity contribution in [3.63, 3.8) is 0 Å². The summed E-state index contributed by atoms with van der Waals surface area (Å²) in [6, 6.07) is 3.59. The van der Waals surface area contributed by atoms with Gasteiger partial charge >= 0.3 is 0 Å². The van der Waals surface area contributed by atoms with E-state index in [1.54, 1.807) is 12.1 Å².